The fourth-order valence-electron chi connectivity index (χ4n) is 16.9. The van der Waals surface area contributed by atoms with Gasteiger partial charge in [0.2, 0.25) is 11.4 Å². The summed E-state index contributed by atoms with van der Waals surface area (Å²) in [7, 11) is -12.7. The first-order valence-corrected chi connectivity index (χ1v) is 43.3. The number of unbranched alkanes of at least 4 members (excludes halogenated alkanes) is 6. The van der Waals surface area contributed by atoms with E-state index in [0.717, 1.165) is 130 Å². The van der Waals surface area contributed by atoms with Crippen molar-refractivity contribution in [2.45, 2.75) is 205 Å². The number of para-hydroxylation sites is 4. The molecule has 0 radical (unpaired) electrons. The fraction of sp³-hybridized carbons (Fsp3) is 0.442. The van der Waals surface area contributed by atoms with E-state index < -0.39 is 65.8 Å². The van der Waals surface area contributed by atoms with Crippen LogP contribution in [0.1, 0.15) is 193 Å². The van der Waals surface area contributed by atoms with Crippen LogP contribution in [0.25, 0.3) is 0 Å². The number of sulfonamides is 2. The molecule has 112 heavy (non-hydrogen) atoms. The highest BCUT2D eigenvalue weighted by Gasteiger charge is 2.59. The molecule has 2 aliphatic carbocycles. The van der Waals surface area contributed by atoms with Crippen molar-refractivity contribution in [1.82, 2.24) is 0 Å². The third-order valence-corrected chi connectivity index (χ3v) is 26.8. The molecule has 0 unspecified atom stereocenters. The van der Waals surface area contributed by atoms with E-state index in [0.29, 0.717) is 82.5 Å². The summed E-state index contributed by atoms with van der Waals surface area (Å²) in [5.41, 5.74) is -2.43. The molecular formula is C86H104F6N6O10S4+2. The number of halogens is 6. The monoisotopic (exact) mass is 1620 g/mol. The molecule has 2 N–H and O–H groups in total. The van der Waals surface area contributed by atoms with Gasteiger partial charge in [-0.25, -0.2) is 10.5 Å². The highest BCUT2D eigenvalue weighted by Crippen LogP contribution is 2.53. The highest BCUT2D eigenvalue weighted by atomic mass is 32.2. The molecule has 2 fully saturated rings. The Labute approximate surface area is 665 Å². The number of fused-ring (bicyclic) bond motifs is 4. The number of nitrogens with zero attached hydrogens (tertiary/aromatic N) is 6. The molecule has 4 aliphatic heterocycles. The Bertz CT molecular complexity index is 4560. The lowest BCUT2D eigenvalue weighted by Crippen LogP contribution is -2.38. The summed E-state index contributed by atoms with van der Waals surface area (Å²) < 4.78 is 166. The van der Waals surface area contributed by atoms with Gasteiger partial charge in [0.15, 0.2) is 13.1 Å². The predicted molar refractivity (Wildman–Crippen MR) is 437 cm³/mol. The van der Waals surface area contributed by atoms with Crippen molar-refractivity contribution in [2.75, 3.05) is 57.3 Å². The maximum Gasteiger partial charge on any atom is 0.560 e. The highest BCUT2D eigenvalue weighted by molar-refractivity contribution is 7.94. The Morgan fingerprint density at radius 1 is 0.402 bits per heavy atom. The quantitative estimate of drug-likeness (QED) is 0.0104. The van der Waals surface area contributed by atoms with Crippen LogP contribution in [0, 0.1) is 0 Å². The van der Waals surface area contributed by atoms with Crippen LogP contribution in [-0.2, 0) is 73.5 Å². The summed E-state index contributed by atoms with van der Waals surface area (Å²) in [4.78, 5) is 8.76. The average molecular weight is 1620 g/mol. The SMILES string of the molecule is CCCCCN1/C(=C/C=C2\CCC(=CC=C3N(CCCCSOOO)c4ccccc4C3(C)C)C2=[N+](Cc2cccc(C[N+](=C3C(=CC=C4N(CCCCSOOO)c5ccccc5C4(C)C)CC/C3=C\C=C3\N(CCCCC)c4ccccc4C3(C)C)S(=O)(=O)C(F)(F)F)c2)S(=O)(=O)C(F)(F)F)C(C)(C)c2ccccc21. The van der Waals surface area contributed by atoms with Crippen molar-refractivity contribution in [3.8, 4) is 0 Å². The van der Waals surface area contributed by atoms with Gasteiger partial charge in [0.1, 0.15) is 0 Å². The molecule has 5 aromatic rings. The zero-order valence-corrected chi connectivity index (χ0v) is 68.7. The van der Waals surface area contributed by atoms with Gasteiger partial charge in [-0.2, -0.15) is 43.2 Å². The molecular weight excluding hydrogens is 1520 g/mol. The third-order valence-electron chi connectivity index (χ3n) is 22.7. The Kier molecular flexibility index (Phi) is 27.2. The molecule has 0 aromatic heterocycles. The van der Waals surface area contributed by atoms with E-state index in [1.54, 1.807) is 24.3 Å². The van der Waals surface area contributed by atoms with Crippen LogP contribution < -0.4 is 19.6 Å². The van der Waals surface area contributed by atoms with Crippen molar-refractivity contribution < 1.29 is 80.4 Å². The third kappa shape index (κ3) is 17.7. The molecule has 0 amide bonds. The Hall–Kier alpha value is -7.50. The van der Waals surface area contributed by atoms with E-state index in [9.17, 15) is 16.8 Å². The van der Waals surface area contributed by atoms with Gasteiger partial charge in [-0.15, -0.1) is 16.6 Å². The summed E-state index contributed by atoms with van der Waals surface area (Å²) >= 11 is 1.88. The number of hydrogen-bond acceptors (Lipinski definition) is 16. The molecule has 0 saturated heterocycles. The molecule has 26 heteroatoms. The number of benzene rings is 5. The van der Waals surface area contributed by atoms with Crippen LogP contribution in [0.15, 0.2) is 215 Å². The van der Waals surface area contributed by atoms with E-state index in [-0.39, 0.29) is 59.4 Å². The summed E-state index contributed by atoms with van der Waals surface area (Å²) in [6.07, 6.45) is 22.9. The van der Waals surface area contributed by atoms with E-state index in [1.165, 1.54) is 24.3 Å². The van der Waals surface area contributed by atoms with Crippen molar-refractivity contribution >= 4 is 78.3 Å². The summed E-state index contributed by atoms with van der Waals surface area (Å²) in [6.45, 7) is 21.1. The van der Waals surface area contributed by atoms with Crippen molar-refractivity contribution in [3.05, 3.63) is 248 Å². The molecule has 0 bridgehead atoms. The van der Waals surface area contributed by atoms with Gasteiger partial charge in [0, 0.05) is 162 Å². The van der Waals surface area contributed by atoms with Gasteiger partial charge in [0.05, 0.1) is 0 Å². The van der Waals surface area contributed by atoms with Crippen molar-refractivity contribution in [2.24, 2.45) is 0 Å². The Morgan fingerprint density at radius 2 is 0.670 bits per heavy atom. The van der Waals surface area contributed by atoms with E-state index in [1.807, 2.05) is 109 Å². The van der Waals surface area contributed by atoms with Crippen LogP contribution in [0.5, 0.6) is 0 Å². The maximum absolute atomic E-state index is 16.1. The minimum Gasteiger partial charge on any atom is -0.344 e. The van der Waals surface area contributed by atoms with Gasteiger partial charge in [0.25, 0.3) is 0 Å². The normalized spacial score (nSPS) is 21.7. The zero-order chi connectivity index (χ0) is 80.6. The Morgan fingerprint density at radius 3 is 0.929 bits per heavy atom. The van der Waals surface area contributed by atoms with Crippen LogP contribution in [0.4, 0.5) is 49.1 Å². The predicted octanol–water partition coefficient (Wildman–Crippen LogP) is 21.4. The summed E-state index contributed by atoms with van der Waals surface area (Å²) in [6, 6.07) is 37.3. The number of allylic oxidation sites excluding steroid dienone is 16. The molecule has 4 heterocycles. The molecule has 6 aliphatic rings. The molecule has 2 saturated carbocycles. The van der Waals surface area contributed by atoms with Gasteiger partial charge in [-0.3, -0.25) is 0 Å². The lowest BCUT2D eigenvalue weighted by atomic mass is 9.83. The largest absolute Gasteiger partial charge is 0.560 e. The van der Waals surface area contributed by atoms with Crippen LogP contribution in [-0.4, -0.2) is 95.4 Å². The first-order chi connectivity index (χ1) is 53.3. The number of rotatable bonds is 32. The van der Waals surface area contributed by atoms with Crippen molar-refractivity contribution in [1.29, 1.82) is 0 Å². The van der Waals surface area contributed by atoms with Crippen LogP contribution >= 0.6 is 24.1 Å². The zero-order valence-electron chi connectivity index (χ0n) is 65.5. The van der Waals surface area contributed by atoms with Crippen LogP contribution in [0.2, 0.25) is 0 Å². The second-order valence-electron chi connectivity index (χ2n) is 31.3. The lowest BCUT2D eigenvalue weighted by Gasteiger charge is -2.27. The topological polar surface area (TPSA) is 165 Å². The van der Waals surface area contributed by atoms with Gasteiger partial charge in [-0.05, 0) is 141 Å². The first kappa shape index (κ1) is 85.4. The summed E-state index contributed by atoms with van der Waals surface area (Å²) in [5.74, 6) is 0.976. The Balaban J connectivity index is 1.10. The molecule has 0 spiro atoms. The number of alkyl halides is 6. The first-order valence-electron chi connectivity index (χ1n) is 38.6. The standard InChI is InChI=1S/C86H102F6N6O10S4/c1-11-13-23-52-93-71-36-19-15-32-67(71)81(3,4)75(93)48-44-63-40-42-65(46-50-77-83(7,8)69-34-17-21-38-73(69)95(77)54-25-27-56-109-107-105-99)79(63)97(111(101,102)85(87,88)89)59-61-30-29-31-62(58-61)60-98(112(103,104)86(90,91)92)80-64(45-49-76-82(5,6)68-33-16-20-37-72(68)94(76)53-24-14-12-2)41-43-66(80)47-51-78-84(9,10)70-35-18-22-39-74(70)96(78)55-26-28-57-110-108-106-100/h15-22,29-39,44-51,58H,11-14,23-28,40-43,52-57,59-60H2,1-10H3/p+2. The molecule has 602 valence electrons. The average Bonchev–Trinajstić information content (AvgIpc) is 1.56. The summed E-state index contributed by atoms with van der Waals surface area (Å²) in [5, 5.41) is 25.1. The second kappa shape index (κ2) is 35.7. The van der Waals surface area contributed by atoms with Gasteiger partial charge < -0.3 is 19.6 Å². The van der Waals surface area contributed by atoms with Crippen molar-refractivity contribution in [3.63, 3.8) is 0 Å². The van der Waals surface area contributed by atoms with Crippen LogP contribution in [0.3, 0.4) is 0 Å². The van der Waals surface area contributed by atoms with E-state index >= 15 is 26.3 Å². The molecule has 5 aromatic carbocycles. The lowest BCUT2D eigenvalue weighted by molar-refractivity contribution is -0.432. The van der Waals surface area contributed by atoms with Gasteiger partial charge in [-0.1, -0.05) is 220 Å². The second-order valence-corrected chi connectivity index (χ2v) is 36.6. The van der Waals surface area contributed by atoms with E-state index in [4.69, 9.17) is 10.5 Å². The molecule has 16 nitrogen and oxygen atoms in total. The molecule has 0 atom stereocenters. The fourth-order valence-corrected chi connectivity index (χ4v) is 19.9. The smallest absolute Gasteiger partial charge is 0.344 e. The number of hydrogen-bond donors (Lipinski definition) is 2. The van der Waals surface area contributed by atoms with E-state index in [2.05, 4.69) is 120 Å². The molecule has 11 rings (SSSR count). The minimum absolute atomic E-state index is 0.0637. The number of anilines is 4. The minimum atomic E-state index is -6.36. The van der Waals surface area contributed by atoms with Gasteiger partial charge >= 0.3 is 31.1 Å². The maximum atomic E-state index is 16.1.